The fourth-order valence-electron chi connectivity index (χ4n) is 2.40. The van der Waals surface area contributed by atoms with E-state index in [-0.39, 0.29) is 11.9 Å². The first-order valence-electron chi connectivity index (χ1n) is 6.69. The highest BCUT2D eigenvalue weighted by Crippen LogP contribution is 2.27. The molecule has 0 bridgehead atoms. The molecule has 3 heteroatoms. The molecule has 2 rings (SSSR count). The van der Waals surface area contributed by atoms with Gasteiger partial charge in [0.25, 0.3) is 0 Å². The minimum absolute atomic E-state index is 0.189. The van der Waals surface area contributed by atoms with Crippen LogP contribution in [0.5, 0.6) is 0 Å². The maximum atomic E-state index is 13.0. The van der Waals surface area contributed by atoms with Crippen molar-refractivity contribution in [3.8, 4) is 0 Å². The molecule has 0 spiro atoms. The largest absolute Gasteiger partial charge is 0.313 e. The zero-order chi connectivity index (χ0) is 14.7. The van der Waals surface area contributed by atoms with Gasteiger partial charge in [0.1, 0.15) is 5.82 Å². The molecule has 106 valence electrons. The van der Waals surface area contributed by atoms with Gasteiger partial charge in [-0.15, -0.1) is 0 Å². The summed E-state index contributed by atoms with van der Waals surface area (Å²) in [4.78, 5) is 0. The lowest BCUT2D eigenvalue weighted by atomic mass is 9.94. The molecule has 0 amide bonds. The van der Waals surface area contributed by atoms with Gasteiger partial charge < -0.3 is 5.32 Å². The fraction of sp³-hybridized carbons (Fsp3) is 0.294. The number of rotatable bonds is 4. The summed E-state index contributed by atoms with van der Waals surface area (Å²) in [7, 11) is 1.96. The number of benzene rings is 2. The van der Waals surface area contributed by atoms with Crippen molar-refractivity contribution in [1.29, 1.82) is 0 Å². The molecule has 1 unspecified atom stereocenters. The van der Waals surface area contributed by atoms with Crippen LogP contribution in [0.1, 0.15) is 28.3 Å². The number of likely N-dealkylation sites (N-methyl/N-ethyl adjacent to an activating group) is 1. The quantitative estimate of drug-likeness (QED) is 0.853. The smallest absolute Gasteiger partial charge is 0.123 e. The summed E-state index contributed by atoms with van der Waals surface area (Å²) in [6.45, 7) is 4.21. The van der Waals surface area contributed by atoms with Gasteiger partial charge in [0.15, 0.2) is 0 Å². The molecule has 0 aliphatic heterocycles. The SMILES string of the molecule is CNC(Cc1ccc(F)cc1)c1cc(C)c(Br)cc1C. The standard InChI is InChI=1S/C17H19BrFN/c1-11-9-16(18)12(2)8-15(11)17(20-3)10-13-4-6-14(19)7-5-13/h4-9,17,20H,10H2,1-3H3. The van der Waals surface area contributed by atoms with E-state index in [1.807, 2.05) is 19.2 Å². The van der Waals surface area contributed by atoms with Crippen molar-refractivity contribution in [2.45, 2.75) is 26.3 Å². The summed E-state index contributed by atoms with van der Waals surface area (Å²) in [5.74, 6) is -0.189. The molecule has 1 N–H and O–H groups in total. The molecule has 2 aromatic carbocycles. The Morgan fingerprint density at radius 2 is 1.75 bits per heavy atom. The second-order valence-corrected chi connectivity index (χ2v) is 5.98. The highest BCUT2D eigenvalue weighted by atomic mass is 79.9. The number of hydrogen-bond donors (Lipinski definition) is 1. The van der Waals surface area contributed by atoms with Crippen LogP contribution < -0.4 is 5.32 Å². The van der Waals surface area contributed by atoms with Crippen LogP contribution in [0.2, 0.25) is 0 Å². The van der Waals surface area contributed by atoms with Gasteiger partial charge in [-0.3, -0.25) is 0 Å². The van der Waals surface area contributed by atoms with Crippen molar-refractivity contribution in [2.75, 3.05) is 7.05 Å². The third-order valence-corrected chi connectivity index (χ3v) is 4.48. The van der Waals surface area contributed by atoms with Crippen LogP contribution in [0, 0.1) is 19.7 Å². The zero-order valence-electron chi connectivity index (χ0n) is 12.0. The average molecular weight is 336 g/mol. The summed E-state index contributed by atoms with van der Waals surface area (Å²) in [5, 5.41) is 3.36. The zero-order valence-corrected chi connectivity index (χ0v) is 13.6. The molecule has 0 fully saturated rings. The van der Waals surface area contributed by atoms with Crippen LogP contribution in [-0.4, -0.2) is 7.05 Å². The number of hydrogen-bond acceptors (Lipinski definition) is 1. The van der Waals surface area contributed by atoms with E-state index in [1.165, 1.54) is 28.8 Å². The van der Waals surface area contributed by atoms with Gasteiger partial charge in [-0.2, -0.15) is 0 Å². The van der Waals surface area contributed by atoms with Gasteiger partial charge in [0, 0.05) is 10.5 Å². The molecule has 0 aromatic heterocycles. The van der Waals surface area contributed by atoms with Gasteiger partial charge in [0.05, 0.1) is 0 Å². The van der Waals surface area contributed by atoms with E-state index < -0.39 is 0 Å². The van der Waals surface area contributed by atoms with Crippen LogP contribution in [0.3, 0.4) is 0 Å². The average Bonchev–Trinajstić information content (AvgIpc) is 2.43. The highest BCUT2D eigenvalue weighted by Gasteiger charge is 2.14. The Hall–Kier alpha value is -1.19. The first-order valence-corrected chi connectivity index (χ1v) is 7.49. The van der Waals surface area contributed by atoms with Crippen molar-refractivity contribution in [3.63, 3.8) is 0 Å². The Morgan fingerprint density at radius 1 is 1.10 bits per heavy atom. The minimum atomic E-state index is -0.189. The molecular weight excluding hydrogens is 317 g/mol. The minimum Gasteiger partial charge on any atom is -0.313 e. The molecule has 2 aromatic rings. The Balaban J connectivity index is 2.28. The first kappa shape index (κ1) is 15.2. The summed E-state index contributed by atoms with van der Waals surface area (Å²) >= 11 is 3.56. The lowest BCUT2D eigenvalue weighted by Gasteiger charge is -2.20. The van der Waals surface area contributed by atoms with Crippen molar-refractivity contribution >= 4 is 15.9 Å². The van der Waals surface area contributed by atoms with Gasteiger partial charge >= 0.3 is 0 Å². The fourth-order valence-corrected chi connectivity index (χ4v) is 2.86. The summed E-state index contributed by atoms with van der Waals surface area (Å²) in [6.07, 6.45) is 0.846. The van der Waals surface area contributed by atoms with Gasteiger partial charge in [-0.1, -0.05) is 34.1 Å². The monoisotopic (exact) mass is 335 g/mol. The Labute approximate surface area is 128 Å². The summed E-state index contributed by atoms with van der Waals surface area (Å²) < 4.78 is 14.1. The molecule has 0 radical (unpaired) electrons. The highest BCUT2D eigenvalue weighted by molar-refractivity contribution is 9.10. The van der Waals surface area contributed by atoms with Crippen molar-refractivity contribution in [2.24, 2.45) is 0 Å². The van der Waals surface area contributed by atoms with E-state index >= 15 is 0 Å². The Kier molecular flexibility index (Phi) is 4.95. The van der Waals surface area contributed by atoms with Crippen LogP contribution in [0.15, 0.2) is 40.9 Å². The van der Waals surface area contributed by atoms with E-state index in [1.54, 1.807) is 0 Å². The molecule has 0 heterocycles. The van der Waals surface area contributed by atoms with E-state index in [4.69, 9.17) is 0 Å². The lowest BCUT2D eigenvalue weighted by molar-refractivity contribution is 0.585. The summed E-state index contributed by atoms with van der Waals surface area (Å²) in [5.41, 5.74) is 4.90. The second kappa shape index (κ2) is 6.51. The normalized spacial score (nSPS) is 12.4. The number of nitrogens with one attached hydrogen (secondary N) is 1. The third kappa shape index (κ3) is 3.47. The molecule has 20 heavy (non-hydrogen) atoms. The number of aryl methyl sites for hydroxylation is 2. The maximum Gasteiger partial charge on any atom is 0.123 e. The van der Waals surface area contributed by atoms with Crippen LogP contribution >= 0.6 is 15.9 Å². The molecule has 1 atom stereocenters. The van der Waals surface area contributed by atoms with Crippen molar-refractivity contribution in [3.05, 3.63) is 68.9 Å². The second-order valence-electron chi connectivity index (χ2n) is 5.13. The summed E-state index contributed by atoms with van der Waals surface area (Å²) in [6, 6.07) is 11.3. The van der Waals surface area contributed by atoms with Gasteiger partial charge in [0.2, 0.25) is 0 Å². The Bertz CT molecular complexity index is 593. The molecule has 0 saturated carbocycles. The maximum absolute atomic E-state index is 13.0. The van der Waals surface area contributed by atoms with E-state index in [9.17, 15) is 4.39 Å². The van der Waals surface area contributed by atoms with Crippen LogP contribution in [0.4, 0.5) is 4.39 Å². The molecule has 0 aliphatic carbocycles. The Morgan fingerprint density at radius 3 is 2.35 bits per heavy atom. The van der Waals surface area contributed by atoms with E-state index in [0.29, 0.717) is 0 Å². The molecular formula is C17H19BrFN. The van der Waals surface area contributed by atoms with Gasteiger partial charge in [-0.25, -0.2) is 4.39 Å². The van der Waals surface area contributed by atoms with Crippen molar-refractivity contribution in [1.82, 2.24) is 5.32 Å². The predicted molar refractivity (Wildman–Crippen MR) is 85.5 cm³/mol. The lowest BCUT2D eigenvalue weighted by Crippen LogP contribution is -2.20. The third-order valence-electron chi connectivity index (χ3n) is 3.62. The molecule has 0 aliphatic rings. The molecule has 0 saturated heterocycles. The van der Waals surface area contributed by atoms with E-state index in [2.05, 4.69) is 47.2 Å². The first-order chi connectivity index (χ1) is 9.51. The number of halogens is 2. The molecule has 1 nitrogen and oxygen atoms in total. The van der Waals surface area contributed by atoms with Gasteiger partial charge in [-0.05, 0) is 67.8 Å². The van der Waals surface area contributed by atoms with Crippen LogP contribution in [0.25, 0.3) is 0 Å². The van der Waals surface area contributed by atoms with E-state index in [0.717, 1.165) is 16.5 Å². The topological polar surface area (TPSA) is 12.0 Å². The van der Waals surface area contributed by atoms with Crippen molar-refractivity contribution < 1.29 is 4.39 Å². The van der Waals surface area contributed by atoms with Crippen LogP contribution in [-0.2, 0) is 6.42 Å². The predicted octanol–water partition coefficient (Wildman–Crippen LogP) is 4.71.